The van der Waals surface area contributed by atoms with Crippen LogP contribution in [0.25, 0.3) is 0 Å². The van der Waals surface area contributed by atoms with Crippen LogP contribution in [0.1, 0.15) is 13.3 Å². The third kappa shape index (κ3) is 2.57. The Balaban J connectivity index is 2.78. The van der Waals surface area contributed by atoms with Crippen molar-refractivity contribution in [1.29, 1.82) is 0 Å². The van der Waals surface area contributed by atoms with Gasteiger partial charge in [0.05, 0.1) is 6.61 Å². The van der Waals surface area contributed by atoms with E-state index >= 15 is 0 Å². The van der Waals surface area contributed by atoms with Crippen LogP contribution in [0.15, 0.2) is 24.3 Å². The molecule has 1 aromatic carbocycles. The lowest BCUT2D eigenvalue weighted by atomic mass is 10.3. The largest absolute Gasteiger partial charge is 0.491 e. The molecule has 0 spiro atoms. The van der Waals surface area contributed by atoms with E-state index in [1.807, 2.05) is 6.92 Å². The van der Waals surface area contributed by atoms with Gasteiger partial charge in [0, 0.05) is 0 Å². The number of hydrogen-bond donors (Lipinski definition) is 0. The second-order valence-corrected chi connectivity index (χ2v) is 2.55. The topological polar surface area (TPSA) is 12.5 Å². The molecule has 0 atom stereocenters. The van der Waals surface area contributed by atoms with Gasteiger partial charge in [-0.05, 0) is 23.9 Å². The van der Waals surface area contributed by atoms with Crippen LogP contribution < -0.4 is 10.1 Å². The summed E-state index contributed by atoms with van der Waals surface area (Å²) in [6, 6.07) is 6.04. The van der Waals surface area contributed by atoms with Crippen molar-refractivity contribution in [2.24, 2.45) is 0 Å². The van der Waals surface area contributed by atoms with E-state index in [1.54, 1.807) is 12.1 Å². The third-order valence-corrected chi connectivity index (χ3v) is 1.51. The summed E-state index contributed by atoms with van der Waals surface area (Å²) in [6.45, 7) is 2.37. The Kier molecular flexibility index (Phi) is 3.49. The van der Waals surface area contributed by atoms with Gasteiger partial charge in [0.2, 0.25) is 0 Å². The molecule has 13 heavy (non-hydrogen) atoms. The molecule has 4 heteroatoms. The van der Waals surface area contributed by atoms with Crippen molar-refractivity contribution in [3.8, 4) is 5.75 Å². The quantitative estimate of drug-likeness (QED) is 0.671. The van der Waals surface area contributed by atoms with Crippen LogP contribution in [-0.2, 0) is 0 Å². The molecule has 0 radical (unpaired) electrons. The molecule has 0 heterocycles. The van der Waals surface area contributed by atoms with Crippen LogP contribution in [0.2, 0.25) is 0 Å². The van der Waals surface area contributed by atoms with E-state index in [4.69, 9.17) is 4.74 Å². The highest BCUT2D eigenvalue weighted by atomic mass is 19.4. The van der Waals surface area contributed by atoms with Gasteiger partial charge in [0.15, 0.2) is 0 Å². The minimum atomic E-state index is -0.939. The highest BCUT2D eigenvalue weighted by molar-refractivity contribution is 5.54. The maximum absolute atomic E-state index is 12.2. The predicted octanol–water partition coefficient (Wildman–Crippen LogP) is 3.05. The van der Waals surface area contributed by atoms with E-state index in [0.717, 1.165) is 6.42 Å². The number of halogens is 2. The Morgan fingerprint density at radius 1 is 1.31 bits per heavy atom. The van der Waals surface area contributed by atoms with Crippen molar-refractivity contribution in [2.45, 2.75) is 13.3 Å². The maximum Gasteiger partial charge on any atom is 0.148 e. The molecule has 1 rings (SSSR count). The van der Waals surface area contributed by atoms with Gasteiger partial charge in [0.25, 0.3) is 0 Å². The first-order chi connectivity index (χ1) is 6.25. The number of hydrogen-bond acceptors (Lipinski definition) is 2. The third-order valence-electron chi connectivity index (χ3n) is 1.51. The molecule has 0 saturated carbocycles. The van der Waals surface area contributed by atoms with Crippen LogP contribution in [0.3, 0.4) is 0 Å². The first-order valence-electron chi connectivity index (χ1n) is 4.09. The molecule has 0 aliphatic heterocycles. The standard InChI is InChI=1S/C9H11F2NO/c1-2-7-13-9-6-4-3-5-8(9)12(10)11/h3-6H,2,7H2,1H3. The van der Waals surface area contributed by atoms with Crippen LogP contribution in [-0.4, -0.2) is 6.61 Å². The summed E-state index contributed by atoms with van der Waals surface area (Å²) in [5, 5.41) is -0.939. The van der Waals surface area contributed by atoms with Gasteiger partial charge in [0.1, 0.15) is 11.4 Å². The lowest BCUT2D eigenvalue weighted by Crippen LogP contribution is -2.02. The smallest absolute Gasteiger partial charge is 0.148 e. The summed E-state index contributed by atoms with van der Waals surface area (Å²) in [4.78, 5) is 0. The molecule has 0 amide bonds. The molecular formula is C9H11F2NO. The first-order valence-corrected chi connectivity index (χ1v) is 4.09. The average Bonchev–Trinajstić information content (AvgIpc) is 2.15. The summed E-state index contributed by atoms with van der Waals surface area (Å²) in [6.07, 6.45) is 0.799. The highest BCUT2D eigenvalue weighted by Crippen LogP contribution is 2.28. The molecule has 72 valence electrons. The molecule has 0 aliphatic rings. The molecule has 2 nitrogen and oxygen atoms in total. The van der Waals surface area contributed by atoms with Crippen molar-refractivity contribution in [3.05, 3.63) is 24.3 Å². The monoisotopic (exact) mass is 187 g/mol. The summed E-state index contributed by atoms with van der Waals surface area (Å²) >= 11 is 0. The average molecular weight is 187 g/mol. The second-order valence-electron chi connectivity index (χ2n) is 2.55. The molecule has 0 aliphatic carbocycles. The van der Waals surface area contributed by atoms with Crippen molar-refractivity contribution in [3.63, 3.8) is 0 Å². The normalized spacial score (nSPS) is 9.77. The minimum absolute atomic E-state index is 0.198. The SMILES string of the molecule is CCCOc1ccccc1N(F)F. The van der Waals surface area contributed by atoms with Gasteiger partial charge >= 0.3 is 0 Å². The fourth-order valence-corrected chi connectivity index (χ4v) is 0.931. The summed E-state index contributed by atoms with van der Waals surface area (Å²) in [7, 11) is 0. The fraction of sp³-hybridized carbons (Fsp3) is 0.333. The predicted molar refractivity (Wildman–Crippen MR) is 46.9 cm³/mol. The summed E-state index contributed by atoms with van der Waals surface area (Å²) in [5.74, 6) is 0.217. The second kappa shape index (κ2) is 4.64. The Morgan fingerprint density at radius 2 is 2.00 bits per heavy atom. The number of nitrogens with zero attached hydrogens (tertiary/aromatic N) is 1. The van der Waals surface area contributed by atoms with Crippen LogP contribution in [0.4, 0.5) is 14.6 Å². The van der Waals surface area contributed by atoms with Gasteiger partial charge in [-0.2, -0.15) is 0 Å². The number of ether oxygens (including phenoxy) is 1. The Bertz CT molecular complexity index is 266. The van der Waals surface area contributed by atoms with Crippen molar-refractivity contribution in [2.75, 3.05) is 12.0 Å². The minimum Gasteiger partial charge on any atom is -0.491 e. The lowest BCUT2D eigenvalue weighted by Gasteiger charge is -2.09. The Labute approximate surface area is 75.6 Å². The number of anilines is 1. The molecule has 0 saturated heterocycles. The van der Waals surface area contributed by atoms with Gasteiger partial charge < -0.3 is 4.74 Å². The molecule has 0 aromatic heterocycles. The van der Waals surface area contributed by atoms with Crippen molar-refractivity contribution < 1.29 is 13.7 Å². The molecule has 1 aromatic rings. The maximum atomic E-state index is 12.2. The van der Waals surface area contributed by atoms with Crippen molar-refractivity contribution >= 4 is 5.69 Å². The van der Waals surface area contributed by atoms with E-state index in [1.165, 1.54) is 12.1 Å². The number of para-hydroxylation sites is 2. The Morgan fingerprint density at radius 3 is 2.62 bits per heavy atom. The van der Waals surface area contributed by atoms with E-state index < -0.39 is 5.34 Å². The van der Waals surface area contributed by atoms with Gasteiger partial charge in [-0.1, -0.05) is 28.0 Å². The number of benzene rings is 1. The highest BCUT2D eigenvalue weighted by Gasteiger charge is 2.09. The van der Waals surface area contributed by atoms with E-state index in [0.29, 0.717) is 6.61 Å². The zero-order valence-corrected chi connectivity index (χ0v) is 7.34. The van der Waals surface area contributed by atoms with Crippen LogP contribution in [0.5, 0.6) is 5.75 Å². The van der Waals surface area contributed by atoms with Gasteiger partial charge in [-0.25, -0.2) is 0 Å². The molecule has 0 fully saturated rings. The van der Waals surface area contributed by atoms with Crippen LogP contribution >= 0.6 is 0 Å². The zero-order valence-electron chi connectivity index (χ0n) is 7.34. The van der Waals surface area contributed by atoms with Crippen molar-refractivity contribution in [1.82, 2.24) is 0 Å². The van der Waals surface area contributed by atoms with Gasteiger partial charge in [-0.15, -0.1) is 0 Å². The molecule has 0 bridgehead atoms. The Hall–Kier alpha value is -1.32. The molecular weight excluding hydrogens is 176 g/mol. The molecule has 0 N–H and O–H groups in total. The van der Waals surface area contributed by atoms with E-state index in [-0.39, 0.29) is 11.4 Å². The summed E-state index contributed by atoms with van der Waals surface area (Å²) in [5.41, 5.74) is -0.198. The van der Waals surface area contributed by atoms with Gasteiger partial charge in [-0.3, -0.25) is 0 Å². The summed E-state index contributed by atoms with van der Waals surface area (Å²) < 4.78 is 29.5. The molecule has 0 unspecified atom stereocenters. The fourth-order valence-electron chi connectivity index (χ4n) is 0.931. The van der Waals surface area contributed by atoms with E-state index in [9.17, 15) is 8.96 Å². The lowest BCUT2D eigenvalue weighted by molar-refractivity contribution is 0.226. The number of rotatable bonds is 4. The van der Waals surface area contributed by atoms with E-state index in [2.05, 4.69) is 0 Å². The van der Waals surface area contributed by atoms with Crippen LogP contribution in [0, 0.1) is 0 Å². The first kappa shape index (κ1) is 9.77. The zero-order chi connectivity index (χ0) is 9.68.